The highest BCUT2D eigenvalue weighted by Crippen LogP contribution is 2.46. The molecule has 2 fully saturated rings. The fourth-order valence-electron chi connectivity index (χ4n) is 5.66. The molecule has 4 rings (SSSR count). The van der Waals surface area contributed by atoms with E-state index in [9.17, 15) is 23.9 Å². The number of hydrogen-bond donors (Lipinski definition) is 5. The molecule has 0 spiro atoms. The molecule has 2 heterocycles. The summed E-state index contributed by atoms with van der Waals surface area (Å²) in [4.78, 5) is 33.0. The minimum Gasteiger partial charge on any atom is -0.493 e. The summed E-state index contributed by atoms with van der Waals surface area (Å²) in [5.41, 5.74) is -1.60. The zero-order valence-corrected chi connectivity index (χ0v) is 23.8. The number of benzene rings is 2. The van der Waals surface area contributed by atoms with Gasteiger partial charge in [0, 0.05) is 18.6 Å². The number of fused-ring (bicyclic) bond motifs is 2. The maximum absolute atomic E-state index is 13.3. The smallest absolute Gasteiger partial charge is 0.336 e. The summed E-state index contributed by atoms with van der Waals surface area (Å²) in [6, 6.07) is 13.1. The third-order valence-corrected chi connectivity index (χ3v) is 7.54. The van der Waals surface area contributed by atoms with E-state index < -0.39 is 42.0 Å². The monoisotopic (exact) mass is 591 g/mol. The van der Waals surface area contributed by atoms with Crippen LogP contribution in [-0.2, 0) is 26.5 Å². The Bertz CT molecular complexity index is 1240. The first-order valence-electron chi connectivity index (χ1n) is 13.6. The van der Waals surface area contributed by atoms with Gasteiger partial charge in [0.05, 0.1) is 31.7 Å². The van der Waals surface area contributed by atoms with Crippen molar-refractivity contribution in [2.24, 2.45) is 0 Å². The Morgan fingerprint density at radius 2 is 1.52 bits per heavy atom. The van der Waals surface area contributed by atoms with Gasteiger partial charge >= 0.3 is 17.9 Å². The molecule has 2 unspecified atom stereocenters. The summed E-state index contributed by atoms with van der Waals surface area (Å²) in [5, 5.41) is 45.1. The summed E-state index contributed by atoms with van der Waals surface area (Å²) in [6.07, 6.45) is 1.33. The number of rotatable bonds is 11. The topological polar surface area (TPSA) is 174 Å². The Labute approximate surface area is 243 Å². The molecule has 2 bridgehead atoms. The minimum absolute atomic E-state index is 0.0943. The van der Waals surface area contributed by atoms with Crippen molar-refractivity contribution < 1.29 is 53.8 Å². The van der Waals surface area contributed by atoms with Crippen molar-refractivity contribution in [1.82, 2.24) is 4.90 Å². The molecule has 2 aromatic rings. The van der Waals surface area contributed by atoms with Gasteiger partial charge in [0.25, 0.3) is 0 Å². The molecule has 2 aliphatic rings. The average Bonchev–Trinajstić information content (AvgIpc) is 3.12. The maximum Gasteiger partial charge on any atom is 0.336 e. The van der Waals surface area contributed by atoms with Crippen molar-refractivity contribution in [3.8, 4) is 11.5 Å². The molecule has 0 aliphatic carbocycles. The van der Waals surface area contributed by atoms with E-state index in [1.807, 2.05) is 19.9 Å². The maximum atomic E-state index is 13.3. The molecule has 2 saturated heterocycles. The second kappa shape index (κ2) is 13.5. The number of nitrogens with zero attached hydrogens (tertiary/aromatic N) is 1. The van der Waals surface area contributed by atoms with Gasteiger partial charge in [-0.2, -0.15) is 0 Å². The molecular formula is C30H38FNO10. The number of ether oxygens (including phenoxy) is 2. The van der Waals surface area contributed by atoms with Gasteiger partial charge in [0.2, 0.25) is 0 Å². The van der Waals surface area contributed by atoms with Crippen molar-refractivity contribution in [2.45, 2.75) is 88.3 Å². The number of carbonyl (C=O) groups is 3. The fourth-order valence-corrected chi connectivity index (χ4v) is 5.66. The summed E-state index contributed by atoms with van der Waals surface area (Å²) in [6.45, 7) is 4.83. The number of methoxy groups -OCH3 is 1. The average molecular weight is 592 g/mol. The standard InChI is InChI=1S/C24H30FNO3.C6H8O7/c1-16(2)29-22-11-4-17(12-23(22)28-3)15-26-20-9-10-21(26)14-24(27,13-20)18-5-7-19(25)8-6-18;7-3(8)1-6(13,5(11)12)2-4(9)10/h4-8,11-12,16,20-21,27H,9-10,13-15H2,1-3H3;13H,1-2H2,(H,7,8)(H,9,10)(H,11,12). The Hall–Kier alpha value is -3.74. The molecule has 230 valence electrons. The van der Waals surface area contributed by atoms with Crippen LogP contribution >= 0.6 is 0 Å². The third kappa shape index (κ3) is 8.17. The Morgan fingerprint density at radius 3 is 1.98 bits per heavy atom. The lowest BCUT2D eigenvalue weighted by Crippen LogP contribution is -2.49. The van der Waals surface area contributed by atoms with E-state index in [1.54, 1.807) is 19.2 Å². The van der Waals surface area contributed by atoms with E-state index in [2.05, 4.69) is 17.0 Å². The highest BCUT2D eigenvalue weighted by Gasteiger charge is 2.48. The largest absolute Gasteiger partial charge is 0.493 e. The summed E-state index contributed by atoms with van der Waals surface area (Å²) in [5.74, 6) is -3.77. The van der Waals surface area contributed by atoms with Gasteiger partial charge in [-0.25, -0.2) is 9.18 Å². The van der Waals surface area contributed by atoms with Crippen molar-refractivity contribution in [3.63, 3.8) is 0 Å². The SMILES string of the molecule is COc1cc(CN2C3CCC2CC(O)(c2ccc(F)cc2)C3)ccc1OC(C)C.O=C(O)CC(O)(CC(=O)O)C(=O)O. The Kier molecular flexibility index (Phi) is 10.5. The van der Waals surface area contributed by atoms with Crippen LogP contribution in [0.1, 0.15) is 63.5 Å². The molecule has 2 aliphatic heterocycles. The quantitative estimate of drug-likeness (QED) is 0.259. The molecule has 2 aromatic carbocycles. The second-order valence-corrected chi connectivity index (χ2v) is 11.1. The van der Waals surface area contributed by atoms with Gasteiger partial charge in [-0.05, 0) is 74.9 Å². The number of aliphatic carboxylic acids is 3. The molecular weight excluding hydrogens is 553 g/mol. The second-order valence-electron chi connectivity index (χ2n) is 11.1. The van der Waals surface area contributed by atoms with E-state index >= 15 is 0 Å². The van der Waals surface area contributed by atoms with Gasteiger partial charge in [-0.15, -0.1) is 0 Å². The lowest BCUT2D eigenvalue weighted by molar-refractivity contribution is -0.170. The molecule has 0 saturated carbocycles. The van der Waals surface area contributed by atoms with Gasteiger partial charge in [-0.3, -0.25) is 14.5 Å². The zero-order valence-electron chi connectivity index (χ0n) is 23.8. The third-order valence-electron chi connectivity index (χ3n) is 7.54. The number of hydrogen-bond acceptors (Lipinski definition) is 8. The first-order valence-corrected chi connectivity index (χ1v) is 13.6. The number of halogens is 1. The van der Waals surface area contributed by atoms with E-state index in [-0.39, 0.29) is 11.9 Å². The van der Waals surface area contributed by atoms with Gasteiger partial charge in [-0.1, -0.05) is 18.2 Å². The van der Waals surface area contributed by atoms with Crippen LogP contribution in [0.15, 0.2) is 42.5 Å². The van der Waals surface area contributed by atoms with E-state index in [0.717, 1.165) is 36.4 Å². The van der Waals surface area contributed by atoms with Crippen LogP contribution in [0.5, 0.6) is 11.5 Å². The minimum atomic E-state index is -2.74. The fraction of sp³-hybridized carbons (Fsp3) is 0.500. The van der Waals surface area contributed by atoms with Gasteiger partial charge < -0.3 is 35.0 Å². The molecule has 0 amide bonds. The van der Waals surface area contributed by atoms with Gasteiger partial charge in [0.1, 0.15) is 5.82 Å². The molecule has 0 radical (unpaired) electrons. The van der Waals surface area contributed by atoms with Crippen LogP contribution in [-0.4, -0.2) is 79.2 Å². The molecule has 12 heteroatoms. The predicted molar refractivity (Wildman–Crippen MR) is 148 cm³/mol. The number of carboxylic acids is 3. The molecule has 2 atom stereocenters. The van der Waals surface area contributed by atoms with Crippen LogP contribution < -0.4 is 9.47 Å². The first kappa shape index (κ1) is 32.8. The van der Waals surface area contributed by atoms with Gasteiger partial charge in [0.15, 0.2) is 17.1 Å². The van der Waals surface area contributed by atoms with E-state index in [0.29, 0.717) is 24.9 Å². The summed E-state index contributed by atoms with van der Waals surface area (Å²) < 4.78 is 24.7. The normalized spacial score (nSPS) is 21.8. The highest BCUT2D eigenvalue weighted by molar-refractivity contribution is 5.88. The van der Waals surface area contributed by atoms with Crippen LogP contribution in [0.3, 0.4) is 0 Å². The van der Waals surface area contributed by atoms with Crippen LogP contribution in [0, 0.1) is 5.82 Å². The summed E-state index contributed by atoms with van der Waals surface area (Å²) in [7, 11) is 1.67. The summed E-state index contributed by atoms with van der Waals surface area (Å²) >= 11 is 0. The number of aliphatic hydroxyl groups is 2. The van der Waals surface area contributed by atoms with E-state index in [4.69, 9.17) is 29.9 Å². The van der Waals surface area contributed by atoms with E-state index in [1.165, 1.54) is 17.7 Å². The predicted octanol–water partition coefficient (Wildman–Crippen LogP) is 3.39. The zero-order chi connectivity index (χ0) is 31.2. The highest BCUT2D eigenvalue weighted by atomic mass is 19.1. The van der Waals surface area contributed by atoms with Crippen molar-refractivity contribution in [1.29, 1.82) is 0 Å². The molecule has 42 heavy (non-hydrogen) atoms. The number of carboxylic acid groups (broad SMARTS) is 3. The molecule has 11 nitrogen and oxygen atoms in total. The number of piperidine rings is 1. The Balaban J connectivity index is 0.000000316. The lowest BCUT2D eigenvalue weighted by Gasteiger charge is -2.44. The Morgan fingerprint density at radius 1 is 0.976 bits per heavy atom. The molecule has 0 aromatic heterocycles. The molecule has 5 N–H and O–H groups in total. The van der Waals surface area contributed by atoms with Crippen molar-refractivity contribution in [2.75, 3.05) is 7.11 Å². The lowest BCUT2D eigenvalue weighted by atomic mass is 9.80. The van der Waals surface area contributed by atoms with Crippen LogP contribution in [0.4, 0.5) is 4.39 Å². The van der Waals surface area contributed by atoms with Crippen molar-refractivity contribution in [3.05, 3.63) is 59.4 Å². The van der Waals surface area contributed by atoms with Crippen LogP contribution in [0.25, 0.3) is 0 Å². The van der Waals surface area contributed by atoms with Crippen LogP contribution in [0.2, 0.25) is 0 Å². The van der Waals surface area contributed by atoms with Crippen molar-refractivity contribution >= 4 is 17.9 Å². The first-order chi connectivity index (χ1) is 19.7.